The van der Waals surface area contributed by atoms with Gasteiger partial charge in [-0.1, -0.05) is 0 Å². The molecule has 0 bridgehead atoms. The monoisotopic (exact) mass is 192 g/mol. The van der Waals surface area contributed by atoms with E-state index in [1.165, 1.54) is 24.4 Å². The summed E-state index contributed by atoms with van der Waals surface area (Å²) in [6, 6.07) is 0. The van der Waals surface area contributed by atoms with E-state index in [-0.39, 0.29) is 17.8 Å². The molecule has 0 radical (unpaired) electrons. The molecule has 2 aliphatic rings. The van der Waals surface area contributed by atoms with Crippen molar-refractivity contribution < 1.29 is 15.0 Å². The van der Waals surface area contributed by atoms with Crippen molar-refractivity contribution in [2.24, 2.45) is 10.2 Å². The van der Waals surface area contributed by atoms with Crippen LogP contribution in [0.5, 0.6) is 0 Å². The van der Waals surface area contributed by atoms with E-state index in [1.54, 1.807) is 0 Å². The van der Waals surface area contributed by atoms with Crippen molar-refractivity contribution in [3.05, 3.63) is 35.8 Å². The summed E-state index contributed by atoms with van der Waals surface area (Å²) >= 11 is 0. The van der Waals surface area contributed by atoms with E-state index in [0.717, 1.165) is 0 Å². The molecular weight excluding hydrogens is 184 g/mol. The number of carbonyl (C=O) groups is 1. The Labute approximate surface area is 79.8 Å². The molecule has 1 amide bonds. The standard InChI is InChI=1S/C9H8N2O3/c12-6-1-3-9(14,4-2-6)7-5-10-11-8(7)13/h1-3,5,12,14H,4H2. The molecule has 0 aromatic carbocycles. The lowest BCUT2D eigenvalue weighted by atomic mass is 9.87. The molecular formula is C9H8N2O3. The molecule has 72 valence electrons. The zero-order valence-electron chi connectivity index (χ0n) is 7.21. The molecule has 14 heavy (non-hydrogen) atoms. The SMILES string of the molecule is O=C1N=NC=C1C1(O)C=CC(O)=CC1. The molecule has 5 nitrogen and oxygen atoms in total. The van der Waals surface area contributed by atoms with Gasteiger partial charge >= 0.3 is 0 Å². The van der Waals surface area contributed by atoms with Gasteiger partial charge in [-0.3, -0.25) is 4.79 Å². The largest absolute Gasteiger partial charge is 0.508 e. The predicted octanol–water partition coefficient (Wildman–Crippen LogP) is 0.996. The molecule has 0 saturated heterocycles. The second-order valence-corrected chi connectivity index (χ2v) is 3.15. The lowest BCUT2D eigenvalue weighted by Crippen LogP contribution is -2.32. The van der Waals surface area contributed by atoms with Crippen molar-refractivity contribution in [1.29, 1.82) is 0 Å². The smallest absolute Gasteiger partial charge is 0.296 e. The van der Waals surface area contributed by atoms with Crippen molar-refractivity contribution in [2.45, 2.75) is 12.0 Å². The minimum absolute atomic E-state index is 0.0783. The normalized spacial score (nSPS) is 30.5. The Bertz CT molecular complexity index is 406. The van der Waals surface area contributed by atoms with Crippen LogP contribution in [0.1, 0.15) is 6.42 Å². The predicted molar refractivity (Wildman–Crippen MR) is 47.4 cm³/mol. The summed E-state index contributed by atoms with van der Waals surface area (Å²) < 4.78 is 0. The molecule has 1 heterocycles. The Hall–Kier alpha value is -1.75. The molecule has 0 saturated carbocycles. The van der Waals surface area contributed by atoms with Gasteiger partial charge in [-0.05, 0) is 18.2 Å². The molecule has 0 fully saturated rings. The van der Waals surface area contributed by atoms with Crippen molar-refractivity contribution in [3.63, 3.8) is 0 Å². The van der Waals surface area contributed by atoms with Crippen LogP contribution in [0.25, 0.3) is 0 Å². The number of hydrogen-bond donors (Lipinski definition) is 2. The molecule has 1 atom stereocenters. The van der Waals surface area contributed by atoms with E-state index in [4.69, 9.17) is 5.11 Å². The zero-order valence-corrected chi connectivity index (χ0v) is 7.21. The lowest BCUT2D eigenvalue weighted by Gasteiger charge is -2.24. The minimum atomic E-state index is -1.38. The van der Waals surface area contributed by atoms with Crippen molar-refractivity contribution >= 4 is 5.91 Å². The van der Waals surface area contributed by atoms with Crippen LogP contribution in [0, 0.1) is 0 Å². The zero-order chi connectivity index (χ0) is 10.2. The maximum Gasteiger partial charge on any atom is 0.296 e. The second kappa shape index (κ2) is 2.88. The molecule has 0 aromatic rings. The van der Waals surface area contributed by atoms with Crippen LogP contribution in [0.3, 0.4) is 0 Å². The number of rotatable bonds is 1. The maximum absolute atomic E-state index is 11.2. The summed E-state index contributed by atoms with van der Waals surface area (Å²) in [6.07, 6.45) is 5.53. The summed E-state index contributed by atoms with van der Waals surface area (Å²) in [7, 11) is 0. The molecule has 1 aliphatic carbocycles. The number of amides is 1. The van der Waals surface area contributed by atoms with Gasteiger partial charge in [0, 0.05) is 6.42 Å². The number of nitrogens with zero attached hydrogens (tertiary/aromatic N) is 2. The maximum atomic E-state index is 11.2. The third-order valence-corrected chi connectivity index (χ3v) is 2.18. The summed E-state index contributed by atoms with van der Waals surface area (Å²) in [5, 5.41) is 25.8. The number of aliphatic hydroxyl groups is 2. The molecule has 2 rings (SSSR count). The van der Waals surface area contributed by atoms with Gasteiger partial charge in [0.2, 0.25) is 0 Å². The lowest BCUT2D eigenvalue weighted by molar-refractivity contribution is -0.116. The first-order valence-corrected chi connectivity index (χ1v) is 4.08. The van der Waals surface area contributed by atoms with Gasteiger partial charge in [-0.15, -0.1) is 5.11 Å². The number of carbonyl (C=O) groups excluding carboxylic acids is 1. The van der Waals surface area contributed by atoms with Crippen LogP contribution >= 0.6 is 0 Å². The van der Waals surface area contributed by atoms with E-state index in [0.29, 0.717) is 0 Å². The van der Waals surface area contributed by atoms with E-state index in [1.807, 2.05) is 0 Å². The van der Waals surface area contributed by atoms with E-state index in [9.17, 15) is 9.90 Å². The van der Waals surface area contributed by atoms with Crippen molar-refractivity contribution in [1.82, 2.24) is 0 Å². The van der Waals surface area contributed by atoms with Gasteiger partial charge in [0.05, 0.1) is 11.8 Å². The molecule has 1 aliphatic heterocycles. The van der Waals surface area contributed by atoms with Crippen molar-refractivity contribution in [3.8, 4) is 0 Å². The molecule has 2 N–H and O–H groups in total. The van der Waals surface area contributed by atoms with Crippen LogP contribution in [-0.4, -0.2) is 21.7 Å². The first kappa shape index (κ1) is 8.83. The number of allylic oxidation sites excluding steroid dienone is 1. The van der Waals surface area contributed by atoms with E-state index in [2.05, 4.69) is 10.2 Å². The Kier molecular flexibility index (Phi) is 1.82. The van der Waals surface area contributed by atoms with Gasteiger partial charge in [0.1, 0.15) is 11.4 Å². The highest BCUT2D eigenvalue weighted by atomic mass is 16.3. The fraction of sp³-hybridized carbons (Fsp3) is 0.222. The first-order chi connectivity index (χ1) is 6.62. The minimum Gasteiger partial charge on any atom is -0.508 e. The molecule has 0 aromatic heterocycles. The Morgan fingerprint density at radius 1 is 1.50 bits per heavy atom. The third-order valence-electron chi connectivity index (χ3n) is 2.18. The van der Waals surface area contributed by atoms with Crippen LogP contribution in [0.2, 0.25) is 0 Å². The van der Waals surface area contributed by atoms with Gasteiger partial charge < -0.3 is 10.2 Å². The van der Waals surface area contributed by atoms with Crippen LogP contribution in [0.4, 0.5) is 0 Å². The summed E-state index contributed by atoms with van der Waals surface area (Å²) in [5.41, 5.74) is -1.25. The summed E-state index contributed by atoms with van der Waals surface area (Å²) in [4.78, 5) is 11.2. The summed E-state index contributed by atoms with van der Waals surface area (Å²) in [5.74, 6) is -0.457. The quantitative estimate of drug-likeness (QED) is 0.650. The van der Waals surface area contributed by atoms with Gasteiger partial charge in [-0.2, -0.15) is 5.11 Å². The van der Waals surface area contributed by atoms with Gasteiger partial charge in [0.15, 0.2) is 0 Å². The Morgan fingerprint density at radius 2 is 2.29 bits per heavy atom. The highest BCUT2D eigenvalue weighted by Gasteiger charge is 2.36. The number of azo groups is 1. The summed E-state index contributed by atoms with van der Waals surface area (Å²) in [6.45, 7) is 0. The first-order valence-electron chi connectivity index (χ1n) is 4.08. The highest BCUT2D eigenvalue weighted by Crippen LogP contribution is 2.30. The van der Waals surface area contributed by atoms with Crippen LogP contribution in [-0.2, 0) is 4.79 Å². The topological polar surface area (TPSA) is 82.2 Å². The fourth-order valence-corrected chi connectivity index (χ4v) is 1.36. The van der Waals surface area contributed by atoms with Crippen LogP contribution < -0.4 is 0 Å². The average molecular weight is 192 g/mol. The van der Waals surface area contributed by atoms with Gasteiger partial charge in [-0.25, -0.2) is 0 Å². The van der Waals surface area contributed by atoms with Gasteiger partial charge in [0.25, 0.3) is 5.91 Å². The Morgan fingerprint density at radius 3 is 2.79 bits per heavy atom. The average Bonchev–Trinajstić information content (AvgIpc) is 2.58. The molecule has 0 spiro atoms. The third kappa shape index (κ3) is 1.27. The van der Waals surface area contributed by atoms with Crippen molar-refractivity contribution in [2.75, 3.05) is 0 Å². The fourth-order valence-electron chi connectivity index (χ4n) is 1.36. The highest BCUT2D eigenvalue weighted by molar-refractivity contribution is 5.97. The second-order valence-electron chi connectivity index (χ2n) is 3.15. The van der Waals surface area contributed by atoms with E-state index >= 15 is 0 Å². The molecule has 1 unspecified atom stereocenters. The number of aliphatic hydroxyl groups excluding tert-OH is 1. The van der Waals surface area contributed by atoms with Crippen LogP contribution in [0.15, 0.2) is 46.0 Å². The Balaban J connectivity index is 2.28. The number of hydrogen-bond acceptors (Lipinski definition) is 4. The molecule has 5 heteroatoms. The van der Waals surface area contributed by atoms with E-state index < -0.39 is 11.5 Å².